The Labute approximate surface area is 106 Å². The van der Waals surface area contributed by atoms with Crippen molar-refractivity contribution in [3.63, 3.8) is 0 Å². The zero-order valence-corrected chi connectivity index (χ0v) is 12.7. The smallest absolute Gasteiger partial charge is 0.377 e. The van der Waals surface area contributed by atoms with E-state index in [-0.39, 0.29) is 6.29 Å². The van der Waals surface area contributed by atoms with Gasteiger partial charge in [-0.25, -0.2) is 0 Å². The fraction of sp³-hybridized carbons (Fsp3) is 1.00. The van der Waals surface area contributed by atoms with Crippen LogP contribution in [0.1, 0.15) is 25.7 Å². The van der Waals surface area contributed by atoms with E-state index >= 15 is 0 Å². The molecule has 17 heavy (non-hydrogen) atoms. The molecule has 0 aromatic heterocycles. The summed E-state index contributed by atoms with van der Waals surface area (Å²) in [7, 11) is 5.88. The second kappa shape index (κ2) is 9.99. The lowest BCUT2D eigenvalue weighted by molar-refractivity contribution is -0.107. The van der Waals surface area contributed by atoms with Gasteiger partial charge in [0, 0.05) is 41.6 Å². The largest absolute Gasteiger partial charge is 0.500 e. The van der Waals surface area contributed by atoms with Crippen molar-refractivity contribution in [3.8, 4) is 0 Å². The molecule has 0 bridgehead atoms. The van der Waals surface area contributed by atoms with Gasteiger partial charge in [0.15, 0.2) is 6.29 Å². The summed E-state index contributed by atoms with van der Waals surface area (Å²) >= 11 is 0. The first kappa shape index (κ1) is 17.0. The molecule has 0 atom stereocenters. The van der Waals surface area contributed by atoms with Gasteiger partial charge in [0.2, 0.25) is 0 Å². The minimum atomic E-state index is -2.37. The highest BCUT2D eigenvalue weighted by Crippen LogP contribution is 2.18. The third-order valence-electron chi connectivity index (χ3n) is 2.88. The molecule has 0 unspecified atom stereocenters. The third-order valence-corrected chi connectivity index (χ3v) is 5.71. The van der Waals surface area contributed by atoms with Gasteiger partial charge >= 0.3 is 8.80 Å². The quantitative estimate of drug-likeness (QED) is 0.325. The van der Waals surface area contributed by atoms with Gasteiger partial charge in [-0.1, -0.05) is 6.42 Å². The van der Waals surface area contributed by atoms with Gasteiger partial charge in [-0.3, -0.25) is 0 Å². The Morgan fingerprint density at radius 2 is 1.29 bits per heavy atom. The molecule has 0 aliphatic heterocycles. The van der Waals surface area contributed by atoms with Crippen LogP contribution in [0.3, 0.4) is 0 Å². The van der Waals surface area contributed by atoms with Gasteiger partial charge < -0.3 is 22.8 Å². The molecular weight excluding hydrogens is 240 g/mol. The van der Waals surface area contributed by atoms with Gasteiger partial charge in [-0.2, -0.15) is 0 Å². The van der Waals surface area contributed by atoms with Crippen molar-refractivity contribution in [1.82, 2.24) is 0 Å². The van der Waals surface area contributed by atoms with E-state index in [1.54, 1.807) is 35.5 Å². The van der Waals surface area contributed by atoms with Crippen LogP contribution in [0.15, 0.2) is 0 Å². The summed E-state index contributed by atoms with van der Waals surface area (Å²) in [6.45, 7) is 0. The fourth-order valence-electron chi connectivity index (χ4n) is 1.72. The van der Waals surface area contributed by atoms with Crippen LogP contribution in [0, 0.1) is 0 Å². The highest BCUT2D eigenvalue weighted by molar-refractivity contribution is 6.60. The molecule has 0 spiro atoms. The van der Waals surface area contributed by atoms with Crippen molar-refractivity contribution in [3.05, 3.63) is 0 Å². The molecule has 0 aromatic carbocycles. The van der Waals surface area contributed by atoms with Gasteiger partial charge in [0.1, 0.15) is 0 Å². The summed E-state index contributed by atoms with van der Waals surface area (Å²) in [5.74, 6) is 0. The average Bonchev–Trinajstić information content (AvgIpc) is 2.39. The van der Waals surface area contributed by atoms with Gasteiger partial charge in [0.25, 0.3) is 0 Å². The number of hydrogen-bond acceptors (Lipinski definition) is 5. The lowest BCUT2D eigenvalue weighted by atomic mass is 10.2. The first-order valence-electron chi connectivity index (χ1n) is 5.89. The number of hydrogen-bond donors (Lipinski definition) is 0. The SMILES string of the molecule is COC(CCCCC[Si](OC)(OC)OC)OC. The lowest BCUT2D eigenvalue weighted by Crippen LogP contribution is -2.42. The van der Waals surface area contributed by atoms with E-state index in [1.807, 2.05) is 0 Å². The van der Waals surface area contributed by atoms with E-state index in [0.29, 0.717) is 0 Å². The predicted molar refractivity (Wildman–Crippen MR) is 67.9 cm³/mol. The molecule has 0 saturated heterocycles. The molecular formula is C11H26O5Si. The van der Waals surface area contributed by atoms with Crippen molar-refractivity contribution in [2.75, 3.05) is 35.5 Å². The first-order valence-corrected chi connectivity index (χ1v) is 7.82. The van der Waals surface area contributed by atoms with E-state index in [9.17, 15) is 0 Å². The van der Waals surface area contributed by atoms with Gasteiger partial charge in [0.05, 0.1) is 0 Å². The van der Waals surface area contributed by atoms with E-state index in [2.05, 4.69) is 0 Å². The van der Waals surface area contributed by atoms with Gasteiger partial charge in [-0.05, 0) is 19.3 Å². The Balaban J connectivity index is 3.68. The number of rotatable bonds is 11. The Kier molecular flexibility index (Phi) is 10.00. The molecule has 0 aliphatic carbocycles. The molecule has 0 N–H and O–H groups in total. The van der Waals surface area contributed by atoms with Crippen molar-refractivity contribution in [2.24, 2.45) is 0 Å². The van der Waals surface area contributed by atoms with E-state index < -0.39 is 8.80 Å². The maximum atomic E-state index is 5.35. The fourth-order valence-corrected chi connectivity index (χ4v) is 3.51. The van der Waals surface area contributed by atoms with Crippen LogP contribution in [0.2, 0.25) is 6.04 Å². The Hall–Kier alpha value is 0.0169. The maximum absolute atomic E-state index is 5.35. The van der Waals surface area contributed by atoms with E-state index in [0.717, 1.165) is 31.7 Å². The van der Waals surface area contributed by atoms with Crippen LogP contribution >= 0.6 is 0 Å². The van der Waals surface area contributed by atoms with Crippen molar-refractivity contribution in [1.29, 1.82) is 0 Å². The minimum Gasteiger partial charge on any atom is -0.377 e. The Morgan fingerprint density at radius 1 is 0.765 bits per heavy atom. The van der Waals surface area contributed by atoms with Crippen LogP contribution < -0.4 is 0 Å². The molecule has 0 amide bonds. The molecule has 0 rings (SSSR count). The van der Waals surface area contributed by atoms with E-state index in [4.69, 9.17) is 22.8 Å². The lowest BCUT2D eigenvalue weighted by Gasteiger charge is -2.24. The number of ether oxygens (including phenoxy) is 2. The summed E-state index contributed by atoms with van der Waals surface area (Å²) in [4.78, 5) is 0. The van der Waals surface area contributed by atoms with Crippen molar-refractivity contribution < 1.29 is 22.8 Å². The maximum Gasteiger partial charge on any atom is 0.500 e. The molecule has 5 nitrogen and oxygen atoms in total. The van der Waals surface area contributed by atoms with E-state index in [1.165, 1.54) is 0 Å². The first-order chi connectivity index (χ1) is 8.17. The zero-order chi connectivity index (χ0) is 13.1. The van der Waals surface area contributed by atoms with Crippen LogP contribution in [-0.2, 0) is 22.8 Å². The van der Waals surface area contributed by atoms with Crippen LogP contribution in [0.25, 0.3) is 0 Å². The highest BCUT2D eigenvalue weighted by atomic mass is 28.4. The minimum absolute atomic E-state index is 0.0933. The Morgan fingerprint density at radius 3 is 1.71 bits per heavy atom. The summed E-state index contributed by atoms with van der Waals surface area (Å²) < 4.78 is 26.3. The summed E-state index contributed by atoms with van der Waals surface area (Å²) in [5, 5.41) is 0. The molecule has 0 radical (unpaired) electrons. The highest BCUT2D eigenvalue weighted by Gasteiger charge is 2.36. The molecule has 0 saturated carbocycles. The summed E-state index contributed by atoms with van der Waals surface area (Å²) in [6.07, 6.45) is 4.00. The monoisotopic (exact) mass is 266 g/mol. The molecule has 0 fully saturated rings. The van der Waals surface area contributed by atoms with Crippen LogP contribution in [-0.4, -0.2) is 50.6 Å². The predicted octanol–water partition coefficient (Wildman–Crippen LogP) is 2.04. The number of methoxy groups -OCH3 is 2. The topological polar surface area (TPSA) is 46.2 Å². The summed E-state index contributed by atoms with van der Waals surface area (Å²) in [5.41, 5.74) is 0. The molecule has 6 heteroatoms. The molecule has 0 aliphatic rings. The molecule has 0 heterocycles. The Bertz CT molecular complexity index is 163. The molecule has 104 valence electrons. The van der Waals surface area contributed by atoms with Crippen LogP contribution in [0.5, 0.6) is 0 Å². The van der Waals surface area contributed by atoms with Crippen LogP contribution in [0.4, 0.5) is 0 Å². The van der Waals surface area contributed by atoms with Crippen molar-refractivity contribution in [2.45, 2.75) is 38.0 Å². The van der Waals surface area contributed by atoms with Gasteiger partial charge in [-0.15, -0.1) is 0 Å². The normalized spacial score (nSPS) is 12.4. The van der Waals surface area contributed by atoms with Crippen molar-refractivity contribution >= 4 is 8.80 Å². The second-order valence-electron chi connectivity index (χ2n) is 3.80. The average molecular weight is 266 g/mol. The summed E-state index contributed by atoms with van der Waals surface area (Å²) in [6, 6.07) is 0.848. The standard InChI is InChI=1S/C11H26O5Si/c1-12-11(13-2)9-7-6-8-10-17(14-3,15-4)16-5/h11H,6-10H2,1-5H3. The number of unbranched alkanes of at least 4 members (excludes halogenated alkanes) is 2. The molecule has 0 aromatic rings. The zero-order valence-electron chi connectivity index (χ0n) is 11.7. The second-order valence-corrected chi connectivity index (χ2v) is 6.89. The third kappa shape index (κ3) is 6.49.